The zero-order valence-electron chi connectivity index (χ0n) is 17.2. The van der Waals surface area contributed by atoms with Crippen molar-refractivity contribution in [3.8, 4) is 0 Å². The number of aromatic amines is 1. The quantitative estimate of drug-likeness (QED) is 0.318. The number of hydrogen-bond donors (Lipinski definition) is 2. The molecule has 29 heavy (non-hydrogen) atoms. The molecule has 0 aliphatic rings. The van der Waals surface area contributed by atoms with Crippen LogP contribution in [0.1, 0.15) is 44.0 Å². The van der Waals surface area contributed by atoms with Crippen LogP contribution in [0.3, 0.4) is 0 Å². The number of carbonyl (C=O) groups is 1. The molecule has 7 heteroatoms. The first kappa shape index (κ1) is 21.2. The van der Waals surface area contributed by atoms with Gasteiger partial charge < -0.3 is 10.3 Å². The Morgan fingerprint density at radius 1 is 1.31 bits per heavy atom. The number of carbonyl (C=O) groups excluding carboxylic acids is 1. The lowest BCUT2D eigenvalue weighted by atomic mass is 10.1. The maximum atomic E-state index is 12.9. The number of nitrogens with one attached hydrogen (secondary N) is 2. The SMILES string of the molecule is CC[C@H](C)n1c(SCC(=O)NCCCc2ccccc2)nc2cc(C)[nH]c2c1=O. The summed E-state index contributed by atoms with van der Waals surface area (Å²) in [5.41, 5.74) is 3.27. The molecule has 1 amide bonds. The van der Waals surface area contributed by atoms with Gasteiger partial charge in [-0.05, 0) is 44.7 Å². The molecule has 2 aromatic heterocycles. The number of hydrogen-bond acceptors (Lipinski definition) is 4. The first-order valence-electron chi connectivity index (χ1n) is 10.0. The average molecular weight is 413 g/mol. The van der Waals surface area contributed by atoms with Crippen LogP contribution in [0.5, 0.6) is 0 Å². The Labute approximate surface area is 175 Å². The number of rotatable bonds is 9. The molecule has 0 saturated heterocycles. The summed E-state index contributed by atoms with van der Waals surface area (Å²) in [6, 6.07) is 12.1. The Bertz CT molecular complexity index is 1030. The number of H-pyrrole nitrogens is 1. The van der Waals surface area contributed by atoms with Gasteiger partial charge in [0.2, 0.25) is 5.91 Å². The molecule has 0 spiro atoms. The third-order valence-corrected chi connectivity index (χ3v) is 5.91. The van der Waals surface area contributed by atoms with Gasteiger partial charge in [-0.25, -0.2) is 4.98 Å². The second kappa shape index (κ2) is 9.78. The number of thioether (sulfide) groups is 1. The van der Waals surface area contributed by atoms with Crippen molar-refractivity contribution in [1.29, 1.82) is 0 Å². The molecule has 0 unspecified atom stereocenters. The molecule has 0 aliphatic heterocycles. The van der Waals surface area contributed by atoms with E-state index in [0.29, 0.717) is 22.7 Å². The molecule has 0 saturated carbocycles. The van der Waals surface area contributed by atoms with Crippen molar-refractivity contribution in [2.45, 2.75) is 51.2 Å². The standard InChI is InChI=1S/C22H28N4O2S/c1-4-16(3)26-21(28)20-18(13-15(2)24-20)25-22(26)29-14-19(27)23-12-8-11-17-9-6-5-7-10-17/h5-7,9-10,13,16,24H,4,8,11-12,14H2,1-3H3,(H,23,27)/t16-/m0/s1. The fourth-order valence-corrected chi connectivity index (χ4v) is 4.14. The summed E-state index contributed by atoms with van der Waals surface area (Å²) < 4.78 is 1.70. The first-order valence-corrected chi connectivity index (χ1v) is 11.0. The van der Waals surface area contributed by atoms with Crippen molar-refractivity contribution < 1.29 is 4.79 Å². The molecule has 3 aromatic rings. The molecule has 0 fully saturated rings. The molecule has 1 aromatic carbocycles. The highest BCUT2D eigenvalue weighted by Crippen LogP contribution is 2.22. The van der Waals surface area contributed by atoms with E-state index in [-0.39, 0.29) is 23.3 Å². The van der Waals surface area contributed by atoms with Crippen molar-refractivity contribution in [3.05, 3.63) is 58.0 Å². The average Bonchev–Trinajstić information content (AvgIpc) is 3.10. The van der Waals surface area contributed by atoms with Gasteiger partial charge in [-0.15, -0.1) is 0 Å². The Kier molecular flexibility index (Phi) is 7.14. The van der Waals surface area contributed by atoms with Crippen LogP contribution in [0.4, 0.5) is 0 Å². The number of aromatic nitrogens is 3. The first-order chi connectivity index (χ1) is 14.0. The van der Waals surface area contributed by atoms with Gasteiger partial charge in [0.15, 0.2) is 5.16 Å². The van der Waals surface area contributed by atoms with Crippen molar-refractivity contribution in [1.82, 2.24) is 19.9 Å². The number of benzene rings is 1. The zero-order valence-corrected chi connectivity index (χ0v) is 18.0. The Morgan fingerprint density at radius 2 is 2.07 bits per heavy atom. The van der Waals surface area contributed by atoms with Crippen molar-refractivity contribution >= 4 is 28.7 Å². The van der Waals surface area contributed by atoms with Gasteiger partial charge in [-0.3, -0.25) is 14.2 Å². The number of fused-ring (bicyclic) bond motifs is 1. The van der Waals surface area contributed by atoms with Gasteiger partial charge in [-0.1, -0.05) is 49.0 Å². The van der Waals surface area contributed by atoms with Gasteiger partial charge in [0, 0.05) is 18.3 Å². The monoisotopic (exact) mass is 412 g/mol. The minimum atomic E-state index is -0.0804. The van der Waals surface area contributed by atoms with Gasteiger partial charge in [0.25, 0.3) is 5.56 Å². The lowest BCUT2D eigenvalue weighted by Gasteiger charge is -2.17. The predicted molar refractivity (Wildman–Crippen MR) is 119 cm³/mol. The van der Waals surface area contributed by atoms with E-state index in [0.717, 1.165) is 25.0 Å². The fraction of sp³-hybridized carbons (Fsp3) is 0.409. The highest BCUT2D eigenvalue weighted by Gasteiger charge is 2.17. The predicted octanol–water partition coefficient (Wildman–Crippen LogP) is 3.85. The van der Waals surface area contributed by atoms with Crippen LogP contribution < -0.4 is 10.9 Å². The summed E-state index contributed by atoms with van der Waals surface area (Å²) >= 11 is 1.32. The number of nitrogens with zero attached hydrogens (tertiary/aromatic N) is 2. The van der Waals surface area contributed by atoms with Crippen LogP contribution >= 0.6 is 11.8 Å². The largest absolute Gasteiger partial charge is 0.355 e. The van der Waals surface area contributed by atoms with Gasteiger partial charge in [0.1, 0.15) is 5.52 Å². The van der Waals surface area contributed by atoms with E-state index in [4.69, 9.17) is 0 Å². The molecule has 1 atom stereocenters. The van der Waals surface area contributed by atoms with Crippen LogP contribution in [-0.2, 0) is 11.2 Å². The minimum absolute atomic E-state index is 0.0134. The van der Waals surface area contributed by atoms with Gasteiger partial charge in [0.05, 0.1) is 11.3 Å². The van der Waals surface area contributed by atoms with Crippen molar-refractivity contribution in [2.24, 2.45) is 0 Å². The second-order valence-corrected chi connectivity index (χ2v) is 8.21. The smallest absolute Gasteiger partial charge is 0.278 e. The summed E-state index contributed by atoms with van der Waals surface area (Å²) in [4.78, 5) is 33.0. The Hall–Kier alpha value is -2.54. The molecule has 2 heterocycles. The van der Waals surface area contributed by atoms with Crippen LogP contribution in [0, 0.1) is 6.92 Å². The zero-order chi connectivity index (χ0) is 20.8. The second-order valence-electron chi connectivity index (χ2n) is 7.27. The highest BCUT2D eigenvalue weighted by atomic mass is 32.2. The molecule has 0 bridgehead atoms. The molecule has 0 radical (unpaired) electrons. The summed E-state index contributed by atoms with van der Waals surface area (Å²) in [5.74, 6) is 0.196. The maximum Gasteiger partial charge on any atom is 0.278 e. The Morgan fingerprint density at radius 3 is 2.79 bits per heavy atom. The maximum absolute atomic E-state index is 12.9. The third-order valence-electron chi connectivity index (χ3n) is 4.96. The van der Waals surface area contributed by atoms with Crippen molar-refractivity contribution in [2.75, 3.05) is 12.3 Å². The van der Waals surface area contributed by atoms with E-state index in [1.54, 1.807) is 4.57 Å². The molecule has 154 valence electrons. The van der Waals surface area contributed by atoms with Crippen LogP contribution in [-0.4, -0.2) is 32.7 Å². The molecule has 0 aliphatic carbocycles. The van der Waals surface area contributed by atoms with E-state index in [1.807, 2.05) is 45.0 Å². The lowest BCUT2D eigenvalue weighted by molar-refractivity contribution is -0.118. The summed E-state index contributed by atoms with van der Waals surface area (Å²) in [6.07, 6.45) is 2.64. The van der Waals surface area contributed by atoms with E-state index in [2.05, 4.69) is 27.4 Å². The molecule has 6 nitrogen and oxygen atoms in total. The van der Waals surface area contributed by atoms with Gasteiger partial charge >= 0.3 is 0 Å². The van der Waals surface area contributed by atoms with Crippen LogP contribution in [0.25, 0.3) is 11.0 Å². The summed E-state index contributed by atoms with van der Waals surface area (Å²) in [7, 11) is 0. The lowest BCUT2D eigenvalue weighted by Crippen LogP contribution is -2.29. The van der Waals surface area contributed by atoms with E-state index in [1.165, 1.54) is 17.3 Å². The van der Waals surface area contributed by atoms with Crippen molar-refractivity contribution in [3.63, 3.8) is 0 Å². The van der Waals surface area contributed by atoms with Crippen LogP contribution in [0.15, 0.2) is 46.3 Å². The number of amides is 1. The minimum Gasteiger partial charge on any atom is -0.355 e. The van der Waals surface area contributed by atoms with E-state index >= 15 is 0 Å². The topological polar surface area (TPSA) is 79.8 Å². The van der Waals surface area contributed by atoms with E-state index in [9.17, 15) is 9.59 Å². The third kappa shape index (κ3) is 5.29. The summed E-state index contributed by atoms with van der Waals surface area (Å²) in [6.45, 7) is 6.58. The van der Waals surface area contributed by atoms with E-state index < -0.39 is 0 Å². The number of aryl methyl sites for hydroxylation is 2. The Balaban J connectivity index is 1.61. The normalized spacial score (nSPS) is 12.2. The summed E-state index contributed by atoms with van der Waals surface area (Å²) in [5, 5.41) is 3.55. The molecule has 2 N–H and O–H groups in total. The highest BCUT2D eigenvalue weighted by molar-refractivity contribution is 7.99. The molecular formula is C22H28N4O2S. The molecule has 3 rings (SSSR count). The fourth-order valence-electron chi connectivity index (χ4n) is 3.21. The van der Waals surface area contributed by atoms with Crippen LogP contribution in [0.2, 0.25) is 0 Å². The van der Waals surface area contributed by atoms with Gasteiger partial charge in [-0.2, -0.15) is 0 Å². The molecular weight excluding hydrogens is 384 g/mol.